The average Bonchev–Trinajstić information content (AvgIpc) is 3.28. The van der Waals surface area contributed by atoms with E-state index >= 15 is 0 Å². The van der Waals surface area contributed by atoms with Crippen molar-refractivity contribution in [2.45, 2.75) is 18.9 Å². The molecule has 1 aliphatic heterocycles. The van der Waals surface area contributed by atoms with Crippen molar-refractivity contribution in [3.8, 4) is 0 Å². The molecule has 1 atom stereocenters. The van der Waals surface area contributed by atoms with E-state index in [4.69, 9.17) is 20.2 Å². The maximum absolute atomic E-state index is 10.3. The summed E-state index contributed by atoms with van der Waals surface area (Å²) in [6.45, 7) is 5.42. The Balaban J connectivity index is 0.000000392. The van der Waals surface area contributed by atoms with Gasteiger partial charge < -0.3 is 25.3 Å². The van der Waals surface area contributed by atoms with Crippen molar-refractivity contribution in [1.82, 2.24) is 9.80 Å². The molecule has 4 rings (SSSR count). The van der Waals surface area contributed by atoms with Crippen LogP contribution in [-0.2, 0) is 20.8 Å². The van der Waals surface area contributed by atoms with Gasteiger partial charge >= 0.3 is 11.9 Å². The maximum Gasteiger partial charge on any atom is 0.328 e. The third-order valence-corrected chi connectivity index (χ3v) is 6.12. The predicted octanol–water partition coefficient (Wildman–Crippen LogP) is 1.19. The lowest BCUT2D eigenvalue weighted by Gasteiger charge is -2.35. The Morgan fingerprint density at radius 2 is 1.64 bits per heavy atom. The van der Waals surface area contributed by atoms with E-state index in [2.05, 4.69) is 51.4 Å². The number of nitrogens with zero attached hydrogens (tertiary/aromatic N) is 3. The van der Waals surface area contributed by atoms with Crippen LogP contribution in [0.15, 0.2) is 53.7 Å². The number of aliphatic hydroxyl groups excluding tert-OH is 2. The second-order valence-electron chi connectivity index (χ2n) is 8.68. The molecule has 10 nitrogen and oxygen atoms in total. The van der Waals surface area contributed by atoms with E-state index in [1.54, 1.807) is 0 Å². The van der Waals surface area contributed by atoms with Crippen LogP contribution in [0.5, 0.6) is 0 Å². The Kier molecular flexibility index (Phi) is 10.4. The zero-order valence-electron chi connectivity index (χ0n) is 20.1. The summed E-state index contributed by atoms with van der Waals surface area (Å²) in [5.74, 6) is -2.51. The van der Waals surface area contributed by atoms with Crippen LogP contribution in [0.1, 0.15) is 17.5 Å². The van der Waals surface area contributed by atoms with Gasteiger partial charge in [-0.15, -0.1) is 0 Å². The molecule has 1 unspecified atom stereocenters. The number of oxime groups is 1. The molecule has 0 radical (unpaired) electrons. The Bertz CT molecular complexity index is 1080. The zero-order valence-corrected chi connectivity index (χ0v) is 20.1. The van der Waals surface area contributed by atoms with Gasteiger partial charge in [-0.2, -0.15) is 0 Å². The minimum Gasteiger partial charge on any atom is -0.478 e. The van der Waals surface area contributed by atoms with Crippen LogP contribution in [0.3, 0.4) is 0 Å². The lowest BCUT2D eigenvalue weighted by molar-refractivity contribution is -0.134. The zero-order chi connectivity index (χ0) is 25.9. The van der Waals surface area contributed by atoms with Crippen molar-refractivity contribution in [2.75, 3.05) is 52.5 Å². The monoisotopic (exact) mass is 499 g/mol. The molecule has 0 bridgehead atoms. The third kappa shape index (κ3) is 8.13. The molecule has 10 heteroatoms. The first-order valence-corrected chi connectivity index (χ1v) is 11.9. The summed E-state index contributed by atoms with van der Waals surface area (Å²) in [7, 11) is 0. The van der Waals surface area contributed by atoms with E-state index in [1.165, 1.54) is 21.9 Å². The highest BCUT2D eigenvalue weighted by Gasteiger charge is 2.22. The van der Waals surface area contributed by atoms with Crippen LogP contribution in [0, 0.1) is 0 Å². The number of hydrogen-bond donors (Lipinski definition) is 4. The van der Waals surface area contributed by atoms with Gasteiger partial charge in [-0.1, -0.05) is 41.6 Å². The molecule has 1 fully saturated rings. The van der Waals surface area contributed by atoms with Gasteiger partial charge in [0, 0.05) is 57.0 Å². The van der Waals surface area contributed by atoms with Crippen LogP contribution in [0.25, 0.3) is 10.8 Å². The fraction of sp³-hybridized carbons (Fsp3) is 0.423. The number of carboxylic acids is 2. The number of carbonyl (C=O) groups is 2. The minimum atomic E-state index is -1.26. The molecule has 0 aromatic heterocycles. The first-order chi connectivity index (χ1) is 17.4. The van der Waals surface area contributed by atoms with E-state index in [9.17, 15) is 14.7 Å². The van der Waals surface area contributed by atoms with Crippen molar-refractivity contribution in [3.63, 3.8) is 0 Å². The molecule has 2 aliphatic rings. The summed E-state index contributed by atoms with van der Waals surface area (Å²) in [5.41, 5.74) is 3.50. The van der Waals surface area contributed by atoms with E-state index < -0.39 is 18.0 Å². The lowest BCUT2D eigenvalue weighted by Crippen LogP contribution is -2.49. The highest BCUT2D eigenvalue weighted by Crippen LogP contribution is 2.30. The van der Waals surface area contributed by atoms with E-state index in [-0.39, 0.29) is 13.2 Å². The number of aliphatic hydroxyl groups is 2. The Morgan fingerprint density at radius 1 is 0.972 bits per heavy atom. The fourth-order valence-corrected chi connectivity index (χ4v) is 4.38. The van der Waals surface area contributed by atoms with Gasteiger partial charge in [0.25, 0.3) is 0 Å². The van der Waals surface area contributed by atoms with Crippen molar-refractivity contribution >= 4 is 28.4 Å². The van der Waals surface area contributed by atoms with Crippen LogP contribution < -0.4 is 0 Å². The Labute approximate surface area is 209 Å². The van der Waals surface area contributed by atoms with Gasteiger partial charge in [-0.05, 0) is 29.2 Å². The van der Waals surface area contributed by atoms with E-state index in [1.807, 2.05) is 0 Å². The number of rotatable bonds is 9. The van der Waals surface area contributed by atoms with Crippen LogP contribution in [0.4, 0.5) is 0 Å². The molecular weight excluding hydrogens is 466 g/mol. The molecule has 4 N–H and O–H groups in total. The Hall–Kier alpha value is -3.31. The fourth-order valence-electron chi connectivity index (χ4n) is 4.38. The van der Waals surface area contributed by atoms with Crippen LogP contribution in [0.2, 0.25) is 0 Å². The van der Waals surface area contributed by atoms with Crippen LogP contribution in [-0.4, -0.2) is 106 Å². The van der Waals surface area contributed by atoms with Crippen molar-refractivity contribution in [2.24, 2.45) is 5.16 Å². The van der Waals surface area contributed by atoms with Crippen molar-refractivity contribution in [1.29, 1.82) is 0 Å². The van der Waals surface area contributed by atoms with Crippen molar-refractivity contribution < 1.29 is 34.9 Å². The molecule has 194 valence electrons. The van der Waals surface area contributed by atoms with Gasteiger partial charge in [0.15, 0.2) is 0 Å². The van der Waals surface area contributed by atoms with Gasteiger partial charge in [-0.25, -0.2) is 9.59 Å². The molecule has 0 saturated carbocycles. The quantitative estimate of drug-likeness (QED) is 0.295. The highest BCUT2D eigenvalue weighted by molar-refractivity contribution is 6.08. The SMILES string of the molecule is O=C(O)/C=C/C(=O)O.OCCN1CCN(CC(O)CO/N=C2/CCc3c2ccc2ccccc32)CC1. The molecule has 2 aromatic rings. The summed E-state index contributed by atoms with van der Waals surface area (Å²) >= 11 is 0. The third-order valence-electron chi connectivity index (χ3n) is 6.12. The molecule has 0 amide bonds. The highest BCUT2D eigenvalue weighted by atomic mass is 16.6. The van der Waals surface area contributed by atoms with Crippen molar-refractivity contribution in [3.05, 3.63) is 59.7 Å². The Morgan fingerprint density at radius 3 is 2.31 bits per heavy atom. The van der Waals surface area contributed by atoms with Crippen LogP contribution >= 0.6 is 0 Å². The number of β-amino-alcohol motifs (C(OH)–C–C–N with tert-alkyl or cyclic N) is 2. The summed E-state index contributed by atoms with van der Waals surface area (Å²) in [6.07, 6.45) is 2.43. The molecule has 1 heterocycles. The molecule has 1 saturated heterocycles. The number of aliphatic carboxylic acids is 2. The summed E-state index contributed by atoms with van der Waals surface area (Å²) in [4.78, 5) is 29.1. The maximum atomic E-state index is 10.3. The first-order valence-electron chi connectivity index (χ1n) is 11.9. The first kappa shape index (κ1) is 27.3. The number of benzene rings is 2. The smallest absolute Gasteiger partial charge is 0.328 e. The molecule has 2 aromatic carbocycles. The standard InChI is InChI=1S/C22H29N3O3.C4H4O4/c26-14-13-24-9-11-25(12-10-24)15-18(27)16-28-23-22-8-7-20-19-4-2-1-3-17(19)5-6-21(20)22;5-3(6)1-2-4(7)8/h1-6,18,26-27H,7-16H2;1-2H,(H,5,6)(H,7,8)/b23-22-;2-1+. The molecule has 36 heavy (non-hydrogen) atoms. The number of piperazine rings is 1. The number of fused-ring (bicyclic) bond motifs is 3. The predicted molar refractivity (Wildman–Crippen MR) is 135 cm³/mol. The number of aryl methyl sites for hydroxylation is 1. The largest absolute Gasteiger partial charge is 0.478 e. The van der Waals surface area contributed by atoms with Gasteiger partial charge in [0.2, 0.25) is 0 Å². The number of hydrogen-bond acceptors (Lipinski definition) is 8. The topological polar surface area (TPSA) is 143 Å². The molecular formula is C26H33N3O7. The number of carboxylic acid groups (broad SMARTS) is 2. The average molecular weight is 500 g/mol. The van der Waals surface area contributed by atoms with E-state index in [0.717, 1.165) is 51.3 Å². The second kappa shape index (κ2) is 13.7. The van der Waals surface area contributed by atoms with Gasteiger partial charge in [0.1, 0.15) is 12.7 Å². The molecule has 0 spiro atoms. The molecule has 1 aliphatic carbocycles. The summed E-state index contributed by atoms with van der Waals surface area (Å²) in [5, 5.41) is 41.8. The normalized spacial score (nSPS) is 18.1. The summed E-state index contributed by atoms with van der Waals surface area (Å²) in [6, 6.07) is 12.7. The van der Waals surface area contributed by atoms with Gasteiger partial charge in [-0.3, -0.25) is 9.80 Å². The second-order valence-corrected chi connectivity index (χ2v) is 8.68. The minimum absolute atomic E-state index is 0.204. The summed E-state index contributed by atoms with van der Waals surface area (Å²) < 4.78 is 0. The van der Waals surface area contributed by atoms with E-state index in [0.29, 0.717) is 18.7 Å². The lowest BCUT2D eigenvalue weighted by atomic mass is 10.0. The van der Waals surface area contributed by atoms with Gasteiger partial charge in [0.05, 0.1) is 12.3 Å².